The van der Waals surface area contributed by atoms with E-state index in [1.165, 1.54) is 6.07 Å². The smallest absolute Gasteiger partial charge is 0.346 e. The Kier molecular flexibility index (Phi) is 2.91. The van der Waals surface area contributed by atoms with E-state index in [0.717, 1.165) is 16.9 Å². The zero-order chi connectivity index (χ0) is 11.5. The monoisotopic (exact) mass is 238 g/mol. The lowest BCUT2D eigenvalue weighted by atomic mass is 10.4. The highest BCUT2D eigenvalue weighted by Gasteiger charge is 2.07. The second kappa shape index (κ2) is 4.36. The van der Waals surface area contributed by atoms with E-state index >= 15 is 0 Å². The van der Waals surface area contributed by atoms with E-state index in [0.29, 0.717) is 12.4 Å². The van der Waals surface area contributed by atoms with Crippen LogP contribution in [0.25, 0.3) is 0 Å². The molecule has 0 aliphatic heterocycles. The number of hydrogen-bond donors (Lipinski definition) is 1. The molecule has 1 N–H and O–H groups in total. The summed E-state index contributed by atoms with van der Waals surface area (Å²) in [7, 11) is 1.83. The molecule has 2 heterocycles. The van der Waals surface area contributed by atoms with Gasteiger partial charge in [0.25, 0.3) is 0 Å². The van der Waals surface area contributed by atoms with Crippen molar-refractivity contribution in [3.8, 4) is 5.75 Å². The molecule has 0 saturated carbocycles. The van der Waals surface area contributed by atoms with E-state index in [-0.39, 0.29) is 4.88 Å². The van der Waals surface area contributed by atoms with Crippen molar-refractivity contribution in [1.29, 1.82) is 0 Å². The molecule has 0 atom stereocenters. The standard InChI is InChI=1S/C10H10N2O3S/c1-12-4-7(3-11-12)5-15-8-2-9(10(13)14)16-6-8/h2-4,6H,5H2,1H3,(H,13,14). The van der Waals surface area contributed by atoms with Crippen LogP contribution in [0.1, 0.15) is 15.2 Å². The van der Waals surface area contributed by atoms with Gasteiger partial charge >= 0.3 is 5.97 Å². The Morgan fingerprint density at radius 3 is 3.06 bits per heavy atom. The highest BCUT2D eigenvalue weighted by molar-refractivity contribution is 7.12. The van der Waals surface area contributed by atoms with Crippen LogP contribution in [0.2, 0.25) is 0 Å². The Morgan fingerprint density at radius 2 is 2.50 bits per heavy atom. The number of hydrogen-bond acceptors (Lipinski definition) is 4. The molecular formula is C10H10N2O3S. The molecule has 0 amide bonds. The van der Waals surface area contributed by atoms with Crippen molar-refractivity contribution in [2.24, 2.45) is 7.05 Å². The van der Waals surface area contributed by atoms with Gasteiger partial charge in [-0.3, -0.25) is 4.68 Å². The Balaban J connectivity index is 1.97. The average Bonchev–Trinajstić information content (AvgIpc) is 2.83. The Morgan fingerprint density at radius 1 is 1.69 bits per heavy atom. The van der Waals surface area contributed by atoms with Crippen LogP contribution in [0.3, 0.4) is 0 Å². The molecule has 0 aliphatic rings. The zero-order valence-electron chi connectivity index (χ0n) is 8.58. The molecule has 5 nitrogen and oxygen atoms in total. The van der Waals surface area contributed by atoms with Crippen molar-refractivity contribution < 1.29 is 14.6 Å². The predicted molar refractivity (Wildman–Crippen MR) is 58.8 cm³/mol. The van der Waals surface area contributed by atoms with Crippen molar-refractivity contribution in [2.75, 3.05) is 0 Å². The molecule has 2 rings (SSSR count). The molecule has 2 aromatic rings. The summed E-state index contributed by atoms with van der Waals surface area (Å²) in [5, 5.41) is 14.4. The maximum Gasteiger partial charge on any atom is 0.346 e. The molecule has 0 aliphatic carbocycles. The van der Waals surface area contributed by atoms with Crippen molar-refractivity contribution in [3.05, 3.63) is 34.3 Å². The lowest BCUT2D eigenvalue weighted by Crippen LogP contribution is -1.94. The first kappa shape index (κ1) is 10.7. The molecule has 0 bridgehead atoms. The molecule has 0 aromatic carbocycles. The number of carboxylic acid groups (broad SMARTS) is 1. The molecule has 16 heavy (non-hydrogen) atoms. The topological polar surface area (TPSA) is 64.3 Å². The molecule has 84 valence electrons. The summed E-state index contributed by atoms with van der Waals surface area (Å²) >= 11 is 1.15. The Labute approximate surface area is 95.9 Å². The Hall–Kier alpha value is -1.82. The highest BCUT2D eigenvalue weighted by Crippen LogP contribution is 2.22. The van der Waals surface area contributed by atoms with Gasteiger partial charge in [0, 0.05) is 30.3 Å². The van der Waals surface area contributed by atoms with Gasteiger partial charge in [-0.2, -0.15) is 5.10 Å². The van der Waals surface area contributed by atoms with Crippen LogP contribution >= 0.6 is 11.3 Å². The van der Waals surface area contributed by atoms with Crippen LogP contribution in [-0.2, 0) is 13.7 Å². The number of ether oxygens (including phenoxy) is 1. The molecular weight excluding hydrogens is 228 g/mol. The zero-order valence-corrected chi connectivity index (χ0v) is 9.40. The van der Waals surface area contributed by atoms with Crippen molar-refractivity contribution >= 4 is 17.3 Å². The molecule has 2 aromatic heterocycles. The summed E-state index contributed by atoms with van der Waals surface area (Å²) < 4.78 is 7.12. The van der Waals surface area contributed by atoms with Crippen molar-refractivity contribution in [1.82, 2.24) is 9.78 Å². The third kappa shape index (κ3) is 2.40. The van der Waals surface area contributed by atoms with Gasteiger partial charge in [-0.25, -0.2) is 4.79 Å². The lowest BCUT2D eigenvalue weighted by Gasteiger charge is -1.99. The predicted octanol–water partition coefficient (Wildman–Crippen LogP) is 1.76. The normalized spacial score (nSPS) is 10.3. The summed E-state index contributed by atoms with van der Waals surface area (Å²) in [5.74, 6) is -0.354. The molecule has 0 unspecified atom stereocenters. The van der Waals surface area contributed by atoms with Crippen LogP contribution in [0.15, 0.2) is 23.8 Å². The van der Waals surface area contributed by atoms with Crippen LogP contribution in [0.5, 0.6) is 5.75 Å². The van der Waals surface area contributed by atoms with Gasteiger partial charge in [0.05, 0.1) is 6.20 Å². The van der Waals surface area contributed by atoms with Gasteiger partial charge in [0.15, 0.2) is 0 Å². The lowest BCUT2D eigenvalue weighted by molar-refractivity contribution is 0.0702. The van der Waals surface area contributed by atoms with Crippen molar-refractivity contribution in [3.63, 3.8) is 0 Å². The largest absolute Gasteiger partial charge is 0.488 e. The van der Waals surface area contributed by atoms with E-state index in [1.54, 1.807) is 16.3 Å². The van der Waals surface area contributed by atoms with E-state index < -0.39 is 5.97 Å². The van der Waals surface area contributed by atoms with E-state index in [4.69, 9.17) is 9.84 Å². The number of carboxylic acids is 1. The minimum Gasteiger partial charge on any atom is -0.488 e. The third-order valence-electron chi connectivity index (χ3n) is 1.95. The molecule has 0 fully saturated rings. The molecule has 0 saturated heterocycles. The van der Waals surface area contributed by atoms with E-state index in [2.05, 4.69) is 5.10 Å². The van der Waals surface area contributed by atoms with Crippen LogP contribution in [-0.4, -0.2) is 20.9 Å². The van der Waals surface area contributed by atoms with Gasteiger partial charge in [-0.15, -0.1) is 11.3 Å². The summed E-state index contributed by atoms with van der Waals surface area (Å²) in [6.07, 6.45) is 3.56. The van der Waals surface area contributed by atoms with Crippen LogP contribution in [0.4, 0.5) is 0 Å². The molecule has 0 spiro atoms. The van der Waals surface area contributed by atoms with Crippen molar-refractivity contribution in [2.45, 2.75) is 6.61 Å². The quantitative estimate of drug-likeness (QED) is 0.881. The number of aromatic carboxylic acids is 1. The van der Waals surface area contributed by atoms with Crippen LogP contribution in [0, 0.1) is 0 Å². The van der Waals surface area contributed by atoms with Gasteiger partial charge in [0.1, 0.15) is 17.2 Å². The fourth-order valence-corrected chi connectivity index (χ4v) is 1.88. The maximum atomic E-state index is 10.6. The highest BCUT2D eigenvalue weighted by atomic mass is 32.1. The molecule has 0 radical (unpaired) electrons. The first-order valence-electron chi connectivity index (χ1n) is 4.57. The second-order valence-electron chi connectivity index (χ2n) is 3.26. The molecule has 6 heteroatoms. The first-order chi connectivity index (χ1) is 7.65. The number of thiophene rings is 1. The fourth-order valence-electron chi connectivity index (χ4n) is 1.22. The fraction of sp³-hybridized carbons (Fsp3) is 0.200. The second-order valence-corrected chi connectivity index (χ2v) is 4.17. The summed E-state index contributed by atoms with van der Waals surface area (Å²) in [6.45, 7) is 0.392. The SMILES string of the molecule is Cn1cc(COc2csc(C(=O)O)c2)cn1. The van der Waals surface area contributed by atoms with E-state index in [9.17, 15) is 4.79 Å². The van der Waals surface area contributed by atoms with E-state index in [1.807, 2.05) is 13.2 Å². The average molecular weight is 238 g/mol. The van der Waals surface area contributed by atoms with Gasteiger partial charge in [-0.1, -0.05) is 0 Å². The minimum absolute atomic E-state index is 0.279. The summed E-state index contributed by atoms with van der Waals surface area (Å²) in [4.78, 5) is 10.9. The van der Waals surface area contributed by atoms with Gasteiger partial charge in [0.2, 0.25) is 0 Å². The Bertz CT molecular complexity index is 504. The number of carbonyl (C=O) groups is 1. The maximum absolute atomic E-state index is 10.6. The van der Waals surface area contributed by atoms with Crippen LogP contribution < -0.4 is 4.74 Å². The number of aryl methyl sites for hydroxylation is 1. The summed E-state index contributed by atoms with van der Waals surface area (Å²) in [5.41, 5.74) is 0.950. The summed E-state index contributed by atoms with van der Waals surface area (Å²) in [6, 6.07) is 1.52. The number of rotatable bonds is 4. The third-order valence-corrected chi connectivity index (χ3v) is 2.85. The first-order valence-corrected chi connectivity index (χ1v) is 5.45. The number of nitrogens with zero attached hydrogens (tertiary/aromatic N) is 2. The number of aromatic nitrogens is 2. The van der Waals surface area contributed by atoms with Gasteiger partial charge < -0.3 is 9.84 Å². The minimum atomic E-state index is -0.929. The van der Waals surface area contributed by atoms with Gasteiger partial charge in [-0.05, 0) is 0 Å².